The van der Waals surface area contributed by atoms with Gasteiger partial charge < -0.3 is 9.80 Å². The quantitative estimate of drug-likeness (QED) is 0.659. The number of rotatable bonds is 6. The number of amides is 1. The van der Waals surface area contributed by atoms with Gasteiger partial charge in [-0.25, -0.2) is 9.50 Å². The van der Waals surface area contributed by atoms with E-state index >= 15 is 0 Å². The summed E-state index contributed by atoms with van der Waals surface area (Å²) in [7, 11) is 5.90. The van der Waals surface area contributed by atoms with Crippen LogP contribution in [-0.2, 0) is 17.8 Å². The molecule has 0 fully saturated rings. The van der Waals surface area contributed by atoms with Crippen LogP contribution < -0.4 is 4.90 Å². The highest BCUT2D eigenvalue weighted by molar-refractivity contribution is 5.76. The van der Waals surface area contributed by atoms with Crippen LogP contribution in [-0.4, -0.2) is 46.5 Å². The van der Waals surface area contributed by atoms with Crippen LogP contribution in [0.25, 0.3) is 5.65 Å². The molecule has 0 aliphatic heterocycles. The summed E-state index contributed by atoms with van der Waals surface area (Å²) in [6, 6.07) is 10.3. The molecule has 0 bridgehead atoms. The molecule has 0 spiro atoms. The monoisotopic (exact) mass is 379 g/mol. The lowest BCUT2D eigenvalue weighted by Gasteiger charge is -2.19. The fourth-order valence-electron chi connectivity index (χ4n) is 3.49. The fourth-order valence-corrected chi connectivity index (χ4v) is 3.49. The van der Waals surface area contributed by atoms with Crippen molar-refractivity contribution in [3.8, 4) is 0 Å². The van der Waals surface area contributed by atoms with Crippen molar-refractivity contribution in [3.63, 3.8) is 0 Å². The summed E-state index contributed by atoms with van der Waals surface area (Å²) in [5.74, 6) is 0.132. The maximum atomic E-state index is 12.7. The van der Waals surface area contributed by atoms with E-state index in [-0.39, 0.29) is 5.91 Å². The van der Waals surface area contributed by atoms with E-state index in [1.807, 2.05) is 52.5 Å². The second-order valence-electron chi connectivity index (χ2n) is 7.63. The van der Waals surface area contributed by atoms with E-state index in [4.69, 9.17) is 0 Å². The van der Waals surface area contributed by atoms with Crippen molar-refractivity contribution >= 4 is 17.2 Å². The van der Waals surface area contributed by atoms with Crippen molar-refractivity contribution in [2.24, 2.45) is 0 Å². The molecule has 148 valence electrons. The number of hydrogen-bond acceptors (Lipinski definition) is 4. The van der Waals surface area contributed by atoms with Crippen LogP contribution in [0, 0.1) is 20.8 Å². The largest absolute Gasteiger partial charge is 0.378 e. The Morgan fingerprint density at radius 3 is 2.39 bits per heavy atom. The highest BCUT2D eigenvalue weighted by Crippen LogP contribution is 2.18. The molecule has 2 heterocycles. The predicted molar refractivity (Wildman–Crippen MR) is 113 cm³/mol. The first kappa shape index (κ1) is 19.9. The highest BCUT2D eigenvalue weighted by atomic mass is 16.2. The molecular weight excluding hydrogens is 350 g/mol. The Kier molecular flexibility index (Phi) is 5.68. The van der Waals surface area contributed by atoms with Crippen LogP contribution in [0.4, 0.5) is 5.69 Å². The molecule has 0 atom stereocenters. The van der Waals surface area contributed by atoms with Gasteiger partial charge in [0.25, 0.3) is 0 Å². The van der Waals surface area contributed by atoms with Gasteiger partial charge in [-0.05, 0) is 50.5 Å². The Morgan fingerprint density at radius 2 is 1.75 bits per heavy atom. The average Bonchev–Trinajstić information content (AvgIpc) is 3.02. The normalized spacial score (nSPS) is 11.1. The number of aromatic nitrogens is 3. The number of carbonyl (C=O) groups excluding carboxylic acids is 1. The number of anilines is 1. The smallest absolute Gasteiger partial charge is 0.222 e. The van der Waals surface area contributed by atoms with Crippen molar-refractivity contribution in [1.29, 1.82) is 0 Å². The zero-order valence-electron chi connectivity index (χ0n) is 17.7. The lowest BCUT2D eigenvalue weighted by molar-refractivity contribution is -0.130. The van der Waals surface area contributed by atoms with E-state index in [9.17, 15) is 4.79 Å². The van der Waals surface area contributed by atoms with E-state index < -0.39 is 0 Å². The van der Waals surface area contributed by atoms with Crippen molar-refractivity contribution in [3.05, 3.63) is 58.5 Å². The standard InChI is InChI=1S/C22H29N5O/c1-15-13-21-23-16(2)20(17(3)27(21)24-15)11-12-22(28)26(6)14-18-7-9-19(10-8-18)25(4)5/h7-10,13H,11-12,14H2,1-6H3. The number of nitrogens with zero attached hydrogens (tertiary/aromatic N) is 5. The number of hydrogen-bond donors (Lipinski definition) is 0. The van der Waals surface area contributed by atoms with Gasteiger partial charge in [-0.3, -0.25) is 4.79 Å². The van der Waals surface area contributed by atoms with Gasteiger partial charge in [0, 0.05) is 57.3 Å². The van der Waals surface area contributed by atoms with Gasteiger partial charge in [0.15, 0.2) is 5.65 Å². The molecule has 1 aromatic carbocycles. The maximum Gasteiger partial charge on any atom is 0.222 e. The zero-order chi connectivity index (χ0) is 20.4. The zero-order valence-corrected chi connectivity index (χ0v) is 17.7. The first-order valence-corrected chi connectivity index (χ1v) is 9.59. The van der Waals surface area contributed by atoms with Crippen molar-refractivity contribution < 1.29 is 4.79 Å². The third kappa shape index (κ3) is 4.16. The Balaban J connectivity index is 1.65. The summed E-state index contributed by atoms with van der Waals surface area (Å²) in [5, 5.41) is 4.51. The van der Waals surface area contributed by atoms with Gasteiger partial charge in [0.05, 0.1) is 5.69 Å². The molecule has 1 amide bonds. The highest BCUT2D eigenvalue weighted by Gasteiger charge is 2.15. The van der Waals surface area contributed by atoms with Crippen LogP contribution >= 0.6 is 0 Å². The molecule has 0 saturated heterocycles. The van der Waals surface area contributed by atoms with Crippen molar-refractivity contribution in [2.45, 2.75) is 40.2 Å². The molecule has 3 rings (SSSR count). The van der Waals surface area contributed by atoms with E-state index in [0.29, 0.717) is 19.4 Å². The molecule has 0 unspecified atom stereocenters. The van der Waals surface area contributed by atoms with Crippen molar-refractivity contribution in [2.75, 3.05) is 26.0 Å². The van der Waals surface area contributed by atoms with E-state index in [1.54, 1.807) is 4.90 Å². The average molecular weight is 380 g/mol. The summed E-state index contributed by atoms with van der Waals surface area (Å²) in [6.45, 7) is 6.63. The minimum absolute atomic E-state index is 0.132. The first-order valence-electron chi connectivity index (χ1n) is 9.59. The molecular formula is C22H29N5O. The SMILES string of the molecule is Cc1cc2nc(C)c(CCC(=O)N(C)Cc3ccc(N(C)C)cc3)c(C)n2n1. The van der Waals surface area contributed by atoms with Gasteiger partial charge >= 0.3 is 0 Å². The van der Waals surface area contributed by atoms with Gasteiger partial charge in [-0.1, -0.05) is 12.1 Å². The minimum Gasteiger partial charge on any atom is -0.378 e. The summed E-state index contributed by atoms with van der Waals surface area (Å²) in [6.07, 6.45) is 1.13. The van der Waals surface area contributed by atoms with E-state index in [1.165, 1.54) is 0 Å². The van der Waals surface area contributed by atoms with Gasteiger partial charge in [-0.2, -0.15) is 5.10 Å². The minimum atomic E-state index is 0.132. The molecule has 0 aliphatic carbocycles. The maximum absolute atomic E-state index is 12.7. The molecule has 0 radical (unpaired) electrons. The van der Waals surface area contributed by atoms with Crippen molar-refractivity contribution in [1.82, 2.24) is 19.5 Å². The fraction of sp³-hybridized carbons (Fsp3) is 0.409. The number of carbonyl (C=O) groups is 1. The van der Waals surface area contributed by atoms with Crippen LogP contribution in [0.15, 0.2) is 30.3 Å². The first-order chi connectivity index (χ1) is 13.3. The Morgan fingerprint density at radius 1 is 1.07 bits per heavy atom. The molecule has 6 nitrogen and oxygen atoms in total. The Bertz CT molecular complexity index is 988. The Hall–Kier alpha value is -2.89. The topological polar surface area (TPSA) is 53.7 Å². The Labute approximate surface area is 166 Å². The number of fused-ring (bicyclic) bond motifs is 1. The molecule has 28 heavy (non-hydrogen) atoms. The molecule has 0 N–H and O–H groups in total. The van der Waals surface area contributed by atoms with Gasteiger partial charge in [-0.15, -0.1) is 0 Å². The van der Waals surface area contributed by atoms with Gasteiger partial charge in [0.1, 0.15) is 0 Å². The van der Waals surface area contributed by atoms with E-state index in [2.05, 4.69) is 39.2 Å². The van der Waals surface area contributed by atoms with Gasteiger partial charge in [0.2, 0.25) is 5.91 Å². The second-order valence-corrected chi connectivity index (χ2v) is 7.63. The summed E-state index contributed by atoms with van der Waals surface area (Å²) >= 11 is 0. The summed E-state index contributed by atoms with van der Waals surface area (Å²) in [5.41, 5.74) is 7.23. The third-order valence-corrected chi connectivity index (χ3v) is 5.17. The third-order valence-electron chi connectivity index (χ3n) is 5.17. The number of benzene rings is 1. The molecule has 3 aromatic rings. The van der Waals surface area contributed by atoms with Crippen LogP contribution in [0.2, 0.25) is 0 Å². The molecule has 0 saturated carbocycles. The molecule has 6 heteroatoms. The van der Waals surface area contributed by atoms with E-state index in [0.717, 1.165) is 39.5 Å². The summed E-state index contributed by atoms with van der Waals surface area (Å²) in [4.78, 5) is 21.2. The van der Waals surface area contributed by atoms with Crippen LogP contribution in [0.3, 0.4) is 0 Å². The molecule has 0 aliphatic rings. The number of aryl methyl sites for hydroxylation is 3. The van der Waals surface area contributed by atoms with Crippen LogP contribution in [0.5, 0.6) is 0 Å². The summed E-state index contributed by atoms with van der Waals surface area (Å²) < 4.78 is 1.87. The lowest BCUT2D eigenvalue weighted by atomic mass is 10.1. The second kappa shape index (κ2) is 8.00. The predicted octanol–water partition coefficient (Wildman–Crippen LogP) is 3.31. The molecule has 2 aromatic heterocycles. The lowest BCUT2D eigenvalue weighted by Crippen LogP contribution is -2.26. The van der Waals surface area contributed by atoms with Crippen LogP contribution in [0.1, 0.15) is 34.6 Å².